The highest BCUT2D eigenvalue weighted by Crippen LogP contribution is 2.29. The van der Waals surface area contributed by atoms with Gasteiger partial charge in [-0.1, -0.05) is 31.0 Å². The van der Waals surface area contributed by atoms with E-state index in [1.54, 1.807) is 29.6 Å². The SMILES string of the molecule is O=C(COC(=O)c1c2c(nc3ccccc13)CCCCCC2)Nc1c(F)c(F)cc(F)c1F. The molecule has 2 aromatic carbocycles. The number of halogens is 4. The van der Waals surface area contributed by atoms with Gasteiger partial charge < -0.3 is 10.1 Å². The molecule has 1 N–H and O–H groups in total. The summed E-state index contributed by atoms with van der Waals surface area (Å²) in [6, 6.07) is 7.10. The minimum atomic E-state index is -1.75. The first-order valence-electron chi connectivity index (χ1n) is 10.6. The number of hydrogen-bond donors (Lipinski definition) is 1. The van der Waals surface area contributed by atoms with Crippen LogP contribution in [0.3, 0.4) is 0 Å². The second-order valence-corrected chi connectivity index (χ2v) is 7.81. The summed E-state index contributed by atoms with van der Waals surface area (Å²) in [6.45, 7) is -0.902. The van der Waals surface area contributed by atoms with Crippen LogP contribution >= 0.6 is 0 Å². The van der Waals surface area contributed by atoms with Gasteiger partial charge in [0.15, 0.2) is 29.9 Å². The second kappa shape index (κ2) is 9.56. The Morgan fingerprint density at radius 2 is 1.61 bits per heavy atom. The van der Waals surface area contributed by atoms with Gasteiger partial charge in [-0.2, -0.15) is 0 Å². The maximum Gasteiger partial charge on any atom is 0.339 e. The van der Waals surface area contributed by atoms with Crippen molar-refractivity contribution in [2.75, 3.05) is 11.9 Å². The Hall–Kier alpha value is -3.49. The van der Waals surface area contributed by atoms with Crippen LogP contribution in [-0.4, -0.2) is 23.5 Å². The molecule has 0 bridgehead atoms. The molecule has 0 saturated heterocycles. The molecule has 33 heavy (non-hydrogen) atoms. The molecule has 5 nitrogen and oxygen atoms in total. The van der Waals surface area contributed by atoms with Crippen LogP contribution in [0.1, 0.15) is 47.3 Å². The quantitative estimate of drug-likeness (QED) is 0.328. The fourth-order valence-corrected chi connectivity index (χ4v) is 4.02. The van der Waals surface area contributed by atoms with Gasteiger partial charge in [0.05, 0.1) is 11.1 Å². The minimum Gasteiger partial charge on any atom is -0.452 e. The van der Waals surface area contributed by atoms with E-state index in [1.807, 2.05) is 0 Å². The molecule has 172 valence electrons. The zero-order chi connectivity index (χ0) is 23.5. The number of benzene rings is 2. The Labute approximate surface area is 186 Å². The molecule has 1 amide bonds. The standard InChI is InChI=1S/C24H20F4N2O3/c25-15-11-16(26)22(28)23(21(15)27)30-19(31)12-33-24(32)20-13-7-3-1-2-4-9-17(13)29-18-10-6-5-8-14(18)20/h5-6,8,10-11H,1-4,7,9,12H2,(H,30,31). The number of nitrogens with one attached hydrogen (secondary N) is 1. The van der Waals surface area contributed by atoms with E-state index in [0.29, 0.717) is 29.3 Å². The molecule has 1 aliphatic rings. The number of aromatic nitrogens is 1. The van der Waals surface area contributed by atoms with Crippen molar-refractivity contribution in [3.63, 3.8) is 0 Å². The van der Waals surface area contributed by atoms with Gasteiger partial charge in [0.1, 0.15) is 5.69 Å². The molecular formula is C24H20F4N2O3. The number of rotatable bonds is 4. The second-order valence-electron chi connectivity index (χ2n) is 7.81. The number of carbonyl (C=O) groups is 2. The number of amides is 1. The average Bonchev–Trinajstić information content (AvgIpc) is 2.78. The van der Waals surface area contributed by atoms with Crippen LogP contribution in [0.25, 0.3) is 10.9 Å². The lowest BCUT2D eigenvalue weighted by molar-refractivity contribution is -0.119. The van der Waals surface area contributed by atoms with Gasteiger partial charge in [-0.05, 0) is 37.3 Å². The minimum absolute atomic E-state index is 0.0306. The highest BCUT2D eigenvalue weighted by atomic mass is 19.2. The lowest BCUT2D eigenvalue weighted by atomic mass is 9.91. The molecule has 0 unspecified atom stereocenters. The van der Waals surface area contributed by atoms with E-state index in [0.717, 1.165) is 36.9 Å². The van der Waals surface area contributed by atoms with Crippen LogP contribution < -0.4 is 5.32 Å². The van der Waals surface area contributed by atoms with Crippen molar-refractivity contribution >= 4 is 28.5 Å². The molecule has 0 spiro atoms. The predicted molar refractivity (Wildman–Crippen MR) is 113 cm³/mol. The fraction of sp³-hybridized carbons (Fsp3) is 0.292. The number of aryl methyl sites for hydroxylation is 1. The molecule has 0 saturated carbocycles. The highest BCUT2D eigenvalue weighted by Gasteiger charge is 2.24. The summed E-state index contributed by atoms with van der Waals surface area (Å²) in [5, 5.41) is 2.30. The zero-order valence-corrected chi connectivity index (χ0v) is 17.5. The van der Waals surface area contributed by atoms with E-state index in [2.05, 4.69) is 0 Å². The molecule has 4 rings (SSSR count). The Morgan fingerprint density at radius 3 is 2.33 bits per heavy atom. The molecule has 0 aliphatic heterocycles. The molecule has 0 radical (unpaired) electrons. The summed E-state index contributed by atoms with van der Waals surface area (Å²) in [4.78, 5) is 29.9. The van der Waals surface area contributed by atoms with Crippen molar-refractivity contribution in [3.8, 4) is 0 Å². The van der Waals surface area contributed by atoms with Gasteiger partial charge >= 0.3 is 5.97 Å². The van der Waals surface area contributed by atoms with Gasteiger partial charge in [0.25, 0.3) is 5.91 Å². The Kier molecular flexibility index (Phi) is 6.57. The van der Waals surface area contributed by atoms with Crippen LogP contribution in [-0.2, 0) is 22.4 Å². The molecular weight excluding hydrogens is 440 g/mol. The van der Waals surface area contributed by atoms with E-state index in [-0.39, 0.29) is 6.07 Å². The Morgan fingerprint density at radius 1 is 0.939 bits per heavy atom. The fourth-order valence-electron chi connectivity index (χ4n) is 4.02. The van der Waals surface area contributed by atoms with Gasteiger partial charge in [0.2, 0.25) is 0 Å². The lowest BCUT2D eigenvalue weighted by Gasteiger charge is -2.18. The lowest BCUT2D eigenvalue weighted by Crippen LogP contribution is -2.23. The van der Waals surface area contributed by atoms with E-state index in [9.17, 15) is 27.2 Å². The summed E-state index contributed by atoms with van der Waals surface area (Å²) in [7, 11) is 0. The predicted octanol–water partition coefficient (Wildman–Crippen LogP) is 5.25. The highest BCUT2D eigenvalue weighted by molar-refractivity contribution is 6.06. The van der Waals surface area contributed by atoms with Crippen molar-refractivity contribution in [3.05, 3.63) is 70.4 Å². The van der Waals surface area contributed by atoms with Gasteiger partial charge in [-0.15, -0.1) is 0 Å². The van der Waals surface area contributed by atoms with Crippen molar-refractivity contribution in [1.82, 2.24) is 4.98 Å². The number of fused-ring (bicyclic) bond motifs is 2. The monoisotopic (exact) mass is 460 g/mol. The third-order valence-corrected chi connectivity index (χ3v) is 5.58. The molecule has 0 atom stereocenters. The molecule has 1 heterocycles. The van der Waals surface area contributed by atoms with E-state index >= 15 is 0 Å². The number of anilines is 1. The number of pyridine rings is 1. The van der Waals surface area contributed by atoms with E-state index in [4.69, 9.17) is 9.72 Å². The normalized spacial score (nSPS) is 13.7. The van der Waals surface area contributed by atoms with E-state index in [1.165, 1.54) is 0 Å². The Balaban J connectivity index is 1.59. The number of hydrogen-bond acceptors (Lipinski definition) is 4. The number of para-hydroxylation sites is 1. The van der Waals surface area contributed by atoms with Crippen LogP contribution in [0.2, 0.25) is 0 Å². The summed E-state index contributed by atoms with van der Waals surface area (Å²) >= 11 is 0. The number of ether oxygens (including phenoxy) is 1. The summed E-state index contributed by atoms with van der Waals surface area (Å²) in [6.07, 6.45) is 5.24. The van der Waals surface area contributed by atoms with Gasteiger partial charge in [0, 0.05) is 17.1 Å². The van der Waals surface area contributed by atoms with Crippen LogP contribution in [0, 0.1) is 23.3 Å². The first-order chi connectivity index (χ1) is 15.9. The average molecular weight is 460 g/mol. The van der Waals surface area contributed by atoms with Crippen LogP contribution in [0.15, 0.2) is 30.3 Å². The van der Waals surface area contributed by atoms with E-state index < -0.39 is 47.4 Å². The van der Waals surface area contributed by atoms with Crippen molar-refractivity contribution in [2.45, 2.75) is 38.5 Å². The van der Waals surface area contributed by atoms with Crippen LogP contribution in [0.5, 0.6) is 0 Å². The molecule has 0 fully saturated rings. The van der Waals surface area contributed by atoms with Gasteiger partial charge in [-0.25, -0.2) is 22.4 Å². The molecule has 3 aromatic rings. The van der Waals surface area contributed by atoms with Crippen LogP contribution in [0.4, 0.5) is 23.2 Å². The van der Waals surface area contributed by atoms with Crippen molar-refractivity contribution < 1.29 is 31.9 Å². The number of nitrogens with zero attached hydrogens (tertiary/aromatic N) is 1. The Bertz CT molecular complexity index is 1220. The molecule has 1 aromatic heterocycles. The summed E-state index contributed by atoms with van der Waals surface area (Å²) < 4.78 is 59.4. The number of esters is 1. The zero-order valence-electron chi connectivity index (χ0n) is 17.5. The smallest absolute Gasteiger partial charge is 0.339 e. The summed E-state index contributed by atoms with van der Waals surface area (Å²) in [5.41, 5.74) is 1.22. The first kappa shape index (κ1) is 22.7. The number of carbonyl (C=O) groups excluding carboxylic acids is 2. The topological polar surface area (TPSA) is 68.3 Å². The van der Waals surface area contributed by atoms with Gasteiger partial charge in [-0.3, -0.25) is 9.78 Å². The largest absolute Gasteiger partial charge is 0.452 e. The molecule has 1 aliphatic carbocycles. The third kappa shape index (κ3) is 4.67. The summed E-state index contributed by atoms with van der Waals surface area (Å²) in [5.74, 6) is -8.77. The third-order valence-electron chi connectivity index (χ3n) is 5.58. The van der Waals surface area contributed by atoms with Crippen molar-refractivity contribution in [2.24, 2.45) is 0 Å². The maximum absolute atomic E-state index is 13.8. The first-order valence-corrected chi connectivity index (χ1v) is 10.6. The maximum atomic E-state index is 13.8. The molecule has 9 heteroatoms. The van der Waals surface area contributed by atoms with Crippen molar-refractivity contribution in [1.29, 1.82) is 0 Å².